The quantitative estimate of drug-likeness (QED) is 0.766. The van der Waals surface area contributed by atoms with E-state index in [1.807, 2.05) is 36.4 Å². The lowest BCUT2D eigenvalue weighted by Gasteiger charge is -2.19. The highest BCUT2D eigenvalue weighted by atomic mass is 16.4. The summed E-state index contributed by atoms with van der Waals surface area (Å²) in [5, 5.41) is 10.6. The minimum Gasteiger partial charge on any atom is -0.475 e. The summed E-state index contributed by atoms with van der Waals surface area (Å²) in [6, 6.07) is 13.1. The number of anilines is 1. The van der Waals surface area contributed by atoms with Crippen LogP contribution in [0.5, 0.6) is 0 Å². The molecular weight excluding hydrogens is 310 g/mol. The molecule has 0 fully saturated rings. The number of carboxylic acids is 1. The van der Waals surface area contributed by atoms with E-state index in [4.69, 9.17) is 5.11 Å². The van der Waals surface area contributed by atoms with Gasteiger partial charge in [-0.2, -0.15) is 0 Å². The lowest BCUT2D eigenvalue weighted by atomic mass is 10.1. The van der Waals surface area contributed by atoms with Gasteiger partial charge in [0.05, 0.1) is 5.69 Å². The average molecular weight is 323 g/mol. The van der Waals surface area contributed by atoms with Crippen molar-refractivity contribution < 1.29 is 14.7 Å². The Hall–Kier alpha value is -3.48. The Morgan fingerprint density at radius 2 is 1.83 bits per heavy atom. The highest BCUT2D eigenvalue weighted by Crippen LogP contribution is 2.26. The summed E-state index contributed by atoms with van der Waals surface area (Å²) in [6.07, 6.45) is 0.978. The molecule has 0 aliphatic rings. The number of carboxylic acid groups (broad SMARTS) is 1. The molecule has 3 aromatic rings. The first-order valence-corrected chi connectivity index (χ1v) is 7.07. The summed E-state index contributed by atoms with van der Waals surface area (Å²) < 4.78 is 0. The maximum atomic E-state index is 12.6. The number of nitrogens with one attached hydrogen (secondary N) is 1. The summed E-state index contributed by atoms with van der Waals surface area (Å²) in [5.74, 6) is -2.45. The molecule has 0 aliphatic heterocycles. The Morgan fingerprint density at radius 3 is 2.54 bits per heavy atom. The lowest BCUT2D eigenvalue weighted by molar-refractivity contribution is 0.0682. The van der Waals surface area contributed by atoms with Gasteiger partial charge in [0.2, 0.25) is 5.82 Å². The van der Waals surface area contributed by atoms with Crippen LogP contribution >= 0.6 is 0 Å². The van der Waals surface area contributed by atoms with Gasteiger partial charge in [0.1, 0.15) is 5.56 Å². The molecule has 1 heterocycles. The number of nitrogens with zero attached hydrogens (tertiary/aromatic N) is 2. The molecule has 0 atom stereocenters. The molecule has 0 spiro atoms. The largest absolute Gasteiger partial charge is 0.475 e. The van der Waals surface area contributed by atoms with E-state index in [0.29, 0.717) is 5.69 Å². The fourth-order valence-electron chi connectivity index (χ4n) is 2.45. The van der Waals surface area contributed by atoms with Crippen LogP contribution in [-0.2, 0) is 0 Å². The highest BCUT2D eigenvalue weighted by molar-refractivity contribution is 6.10. The van der Waals surface area contributed by atoms with Crippen molar-refractivity contribution in [3.63, 3.8) is 0 Å². The molecule has 0 aliphatic carbocycles. The van der Waals surface area contributed by atoms with E-state index in [9.17, 15) is 14.4 Å². The normalized spacial score (nSPS) is 10.5. The predicted molar refractivity (Wildman–Crippen MR) is 88.5 cm³/mol. The molecule has 7 nitrogen and oxygen atoms in total. The number of aromatic amines is 1. The third-order valence-electron chi connectivity index (χ3n) is 3.66. The number of H-pyrrole nitrogens is 1. The van der Waals surface area contributed by atoms with Gasteiger partial charge in [-0.05, 0) is 11.5 Å². The smallest absolute Gasteiger partial charge is 0.372 e. The lowest BCUT2D eigenvalue weighted by Crippen LogP contribution is -2.32. The number of hydrogen-bond donors (Lipinski definition) is 2. The molecule has 120 valence electrons. The van der Waals surface area contributed by atoms with Crippen LogP contribution in [0.25, 0.3) is 10.8 Å². The Bertz CT molecular complexity index is 1000. The number of amides is 1. The van der Waals surface area contributed by atoms with E-state index in [1.165, 1.54) is 4.90 Å². The number of fused-ring (bicyclic) bond motifs is 1. The van der Waals surface area contributed by atoms with Crippen molar-refractivity contribution in [1.29, 1.82) is 0 Å². The van der Waals surface area contributed by atoms with Gasteiger partial charge in [-0.1, -0.05) is 36.4 Å². The fraction of sp³-hybridized carbons (Fsp3) is 0.0588. The maximum absolute atomic E-state index is 12.6. The van der Waals surface area contributed by atoms with Crippen LogP contribution in [0.3, 0.4) is 0 Å². The number of aromatic carboxylic acids is 1. The number of hydrogen-bond acceptors (Lipinski definition) is 4. The zero-order valence-corrected chi connectivity index (χ0v) is 12.7. The van der Waals surface area contributed by atoms with Gasteiger partial charge in [-0.15, -0.1) is 0 Å². The van der Waals surface area contributed by atoms with Crippen molar-refractivity contribution >= 4 is 28.3 Å². The van der Waals surface area contributed by atoms with E-state index >= 15 is 0 Å². The zero-order valence-electron chi connectivity index (χ0n) is 12.7. The molecule has 0 unspecified atom stereocenters. The van der Waals surface area contributed by atoms with E-state index in [1.54, 1.807) is 13.1 Å². The molecule has 24 heavy (non-hydrogen) atoms. The molecule has 0 radical (unpaired) electrons. The third kappa shape index (κ3) is 2.63. The maximum Gasteiger partial charge on any atom is 0.372 e. The van der Waals surface area contributed by atoms with Crippen LogP contribution in [0.2, 0.25) is 0 Å². The van der Waals surface area contributed by atoms with E-state index in [2.05, 4.69) is 9.97 Å². The Morgan fingerprint density at radius 1 is 1.12 bits per heavy atom. The molecular formula is C17H13N3O4. The van der Waals surface area contributed by atoms with Gasteiger partial charge in [0.15, 0.2) is 0 Å². The van der Waals surface area contributed by atoms with Gasteiger partial charge in [-0.3, -0.25) is 9.59 Å². The third-order valence-corrected chi connectivity index (χ3v) is 3.66. The van der Waals surface area contributed by atoms with Crippen LogP contribution in [0.15, 0.2) is 53.5 Å². The van der Waals surface area contributed by atoms with Crippen LogP contribution in [0.1, 0.15) is 21.0 Å². The van der Waals surface area contributed by atoms with E-state index < -0.39 is 23.3 Å². The van der Waals surface area contributed by atoms with Crippen molar-refractivity contribution in [3.05, 3.63) is 70.4 Å². The Balaban J connectivity index is 2.04. The first kappa shape index (κ1) is 15.4. The van der Waals surface area contributed by atoms with Crippen LogP contribution in [0, 0.1) is 0 Å². The minimum atomic E-state index is -1.37. The number of carbonyl (C=O) groups excluding carboxylic acids is 1. The van der Waals surface area contributed by atoms with E-state index in [-0.39, 0.29) is 5.56 Å². The molecule has 7 heteroatoms. The molecule has 3 rings (SSSR count). The van der Waals surface area contributed by atoms with Crippen molar-refractivity contribution in [2.24, 2.45) is 0 Å². The monoisotopic (exact) mass is 323 g/mol. The topological polar surface area (TPSA) is 103 Å². The first-order chi connectivity index (χ1) is 11.5. The van der Waals surface area contributed by atoms with Crippen LogP contribution < -0.4 is 10.5 Å². The zero-order chi connectivity index (χ0) is 17.3. The second kappa shape index (κ2) is 5.96. The summed E-state index contributed by atoms with van der Waals surface area (Å²) in [5.41, 5.74) is -0.380. The number of aromatic nitrogens is 2. The van der Waals surface area contributed by atoms with E-state index in [0.717, 1.165) is 17.0 Å². The molecule has 2 aromatic carbocycles. The second-order valence-electron chi connectivity index (χ2n) is 5.14. The number of benzene rings is 2. The molecule has 2 N–H and O–H groups in total. The van der Waals surface area contributed by atoms with Crippen molar-refractivity contribution in [2.75, 3.05) is 11.9 Å². The van der Waals surface area contributed by atoms with Crippen LogP contribution in [0.4, 0.5) is 5.69 Å². The SMILES string of the molecule is CN(C(=O)c1cnc(C(=O)O)[nH]c1=O)c1cccc2ccccc12. The van der Waals surface area contributed by atoms with Gasteiger partial charge in [0, 0.05) is 18.6 Å². The predicted octanol–water partition coefficient (Wildman–Crippen LogP) is 1.90. The minimum absolute atomic E-state index is 0.226. The molecule has 0 bridgehead atoms. The van der Waals surface area contributed by atoms with Gasteiger partial charge < -0.3 is 15.0 Å². The first-order valence-electron chi connectivity index (χ1n) is 7.07. The summed E-state index contributed by atoms with van der Waals surface area (Å²) >= 11 is 0. The van der Waals surface area contributed by atoms with Gasteiger partial charge in [0.25, 0.3) is 11.5 Å². The number of carbonyl (C=O) groups is 2. The molecule has 0 saturated heterocycles. The molecule has 0 saturated carbocycles. The Kier molecular flexibility index (Phi) is 3.83. The molecule has 1 aromatic heterocycles. The van der Waals surface area contributed by atoms with Gasteiger partial charge in [-0.25, -0.2) is 9.78 Å². The Labute approximate surface area is 136 Å². The van der Waals surface area contributed by atoms with Crippen LogP contribution in [-0.4, -0.2) is 34.0 Å². The van der Waals surface area contributed by atoms with Gasteiger partial charge >= 0.3 is 5.97 Å². The molecule has 1 amide bonds. The summed E-state index contributed by atoms with van der Waals surface area (Å²) in [6.45, 7) is 0. The number of rotatable bonds is 3. The summed E-state index contributed by atoms with van der Waals surface area (Å²) in [7, 11) is 1.55. The second-order valence-corrected chi connectivity index (χ2v) is 5.14. The summed E-state index contributed by atoms with van der Waals surface area (Å²) in [4.78, 5) is 42.4. The standard InChI is InChI=1S/C17H13N3O4/c1-20(13-8-4-6-10-5-2-3-7-11(10)13)16(22)12-9-18-14(17(23)24)19-15(12)21/h2-9H,1H3,(H,23,24)(H,18,19,21). The fourth-order valence-corrected chi connectivity index (χ4v) is 2.45. The van der Waals surface area contributed by atoms with Crippen molar-refractivity contribution in [3.8, 4) is 0 Å². The van der Waals surface area contributed by atoms with Crippen molar-refractivity contribution in [2.45, 2.75) is 0 Å². The van der Waals surface area contributed by atoms with Crippen molar-refractivity contribution in [1.82, 2.24) is 9.97 Å². The average Bonchev–Trinajstić information content (AvgIpc) is 2.60. The highest BCUT2D eigenvalue weighted by Gasteiger charge is 2.20.